The Morgan fingerprint density at radius 3 is 2.00 bits per heavy atom. The molecule has 2 N–H and O–H groups in total. The van der Waals surface area contributed by atoms with Gasteiger partial charge in [0.25, 0.3) is 0 Å². The fraction of sp³-hybridized carbons (Fsp3) is 0.200. The third kappa shape index (κ3) is 5.23. The normalized spacial score (nSPS) is 12.0. The first-order valence-electron chi connectivity index (χ1n) is 8.91. The van der Waals surface area contributed by atoms with E-state index in [1.807, 2.05) is 12.2 Å². The van der Waals surface area contributed by atoms with E-state index in [-0.39, 0.29) is 11.8 Å². The predicted octanol–water partition coefficient (Wildman–Crippen LogP) is 6.84. The van der Waals surface area contributed by atoms with Crippen molar-refractivity contribution < 1.29 is 31.1 Å². The largest absolute Gasteiger partial charge is 0.416 e. The molecule has 12 heteroatoms. The molecule has 170 valence electrons. The van der Waals surface area contributed by atoms with Crippen molar-refractivity contribution in [2.45, 2.75) is 19.3 Å². The molecule has 2 aromatic carbocycles. The highest BCUT2D eigenvalue weighted by Gasteiger charge is 2.37. The number of rotatable bonds is 3. The number of carbonyl (C=O) groups is 1. The van der Waals surface area contributed by atoms with Crippen LogP contribution in [-0.4, -0.2) is 15.8 Å². The fourth-order valence-corrected chi connectivity index (χ4v) is 3.55. The Labute approximate surface area is 186 Å². The minimum absolute atomic E-state index is 0.0128. The van der Waals surface area contributed by atoms with Crippen LogP contribution in [-0.2, 0) is 19.4 Å². The minimum Gasteiger partial charge on any atom is -0.308 e. The average molecular weight is 521 g/mol. The molecule has 0 saturated heterocycles. The molecule has 0 aliphatic rings. The van der Waals surface area contributed by atoms with Gasteiger partial charge in [-0.05, 0) is 58.7 Å². The number of hydrogen-bond acceptors (Lipinski definition) is 2. The molecule has 0 aliphatic heterocycles. The number of benzene rings is 2. The van der Waals surface area contributed by atoms with Gasteiger partial charge in [-0.2, -0.15) is 31.4 Å². The molecule has 0 saturated carbocycles. The van der Waals surface area contributed by atoms with Gasteiger partial charge < -0.3 is 10.6 Å². The Morgan fingerprint density at radius 1 is 0.938 bits per heavy atom. The summed E-state index contributed by atoms with van der Waals surface area (Å²) in [5.74, 6) is 0. The predicted molar refractivity (Wildman–Crippen MR) is 110 cm³/mol. The maximum atomic E-state index is 13.0. The zero-order valence-electron chi connectivity index (χ0n) is 16.5. The van der Waals surface area contributed by atoms with Crippen molar-refractivity contribution in [3.05, 3.63) is 63.8 Å². The summed E-state index contributed by atoms with van der Waals surface area (Å²) in [5.41, 5.74) is -1.13. The Balaban J connectivity index is 1.87. The molecule has 5 nitrogen and oxygen atoms in total. The van der Waals surface area contributed by atoms with Gasteiger partial charge >= 0.3 is 18.4 Å². The topological polar surface area (TPSA) is 59.0 Å². The van der Waals surface area contributed by atoms with E-state index < -0.39 is 35.2 Å². The van der Waals surface area contributed by atoms with Crippen LogP contribution in [0, 0.1) is 6.92 Å². The zero-order chi connectivity index (χ0) is 23.8. The second-order valence-electron chi connectivity index (χ2n) is 6.87. The van der Waals surface area contributed by atoms with Crippen LogP contribution in [0.3, 0.4) is 0 Å². The van der Waals surface area contributed by atoms with E-state index in [0.29, 0.717) is 22.2 Å². The highest BCUT2D eigenvalue weighted by molar-refractivity contribution is 9.10. The van der Waals surface area contributed by atoms with Gasteiger partial charge in [-0.3, -0.25) is 4.68 Å². The number of amides is 2. The standard InChI is InChI=1S/C20H15BrF6N4O/c1-10-3-4-13(8-15(10)17-16(21)9-28-31(17)2)29-18(32)30-14-6-11(19(22,23)24)5-12(7-14)20(25,26)27/h3-9H,1-2H3,(H2,29,30,32). The van der Waals surface area contributed by atoms with Gasteiger partial charge in [0, 0.05) is 24.0 Å². The summed E-state index contributed by atoms with van der Waals surface area (Å²) in [6.45, 7) is 1.83. The van der Waals surface area contributed by atoms with Gasteiger partial charge in [0.2, 0.25) is 0 Å². The first-order chi connectivity index (χ1) is 14.8. The number of aromatic nitrogens is 2. The van der Waals surface area contributed by atoms with E-state index in [1.165, 1.54) is 0 Å². The first kappa shape index (κ1) is 23.6. The molecule has 1 aromatic heterocycles. The molecule has 0 bridgehead atoms. The van der Waals surface area contributed by atoms with E-state index >= 15 is 0 Å². The van der Waals surface area contributed by atoms with E-state index in [2.05, 4.69) is 26.3 Å². The number of urea groups is 1. The smallest absolute Gasteiger partial charge is 0.308 e. The number of aryl methyl sites for hydroxylation is 2. The van der Waals surface area contributed by atoms with Crippen LogP contribution in [0.1, 0.15) is 16.7 Å². The Morgan fingerprint density at radius 2 is 1.50 bits per heavy atom. The van der Waals surface area contributed by atoms with Crippen molar-refractivity contribution in [3.8, 4) is 11.3 Å². The highest BCUT2D eigenvalue weighted by atomic mass is 79.9. The summed E-state index contributed by atoms with van der Waals surface area (Å²) >= 11 is 3.39. The van der Waals surface area contributed by atoms with Crippen molar-refractivity contribution in [3.63, 3.8) is 0 Å². The number of alkyl halides is 6. The van der Waals surface area contributed by atoms with Gasteiger partial charge in [0.1, 0.15) is 0 Å². The Bertz CT molecular complexity index is 1120. The summed E-state index contributed by atoms with van der Waals surface area (Å²) in [4.78, 5) is 12.3. The van der Waals surface area contributed by atoms with Crippen LogP contribution in [0.25, 0.3) is 11.3 Å². The quantitative estimate of drug-likeness (QED) is 0.371. The number of carbonyl (C=O) groups excluding carboxylic acids is 1. The van der Waals surface area contributed by atoms with Gasteiger partial charge in [0.15, 0.2) is 0 Å². The van der Waals surface area contributed by atoms with E-state index in [4.69, 9.17) is 0 Å². The summed E-state index contributed by atoms with van der Waals surface area (Å²) in [7, 11) is 1.72. The molecular formula is C20H15BrF6N4O. The number of hydrogen-bond donors (Lipinski definition) is 2. The lowest BCUT2D eigenvalue weighted by Crippen LogP contribution is -2.21. The summed E-state index contributed by atoms with van der Waals surface area (Å²) in [6.07, 6.45) is -8.44. The lowest BCUT2D eigenvalue weighted by molar-refractivity contribution is -0.143. The second-order valence-corrected chi connectivity index (χ2v) is 7.72. The lowest BCUT2D eigenvalue weighted by Gasteiger charge is -2.15. The Hall–Kier alpha value is -3.02. The molecule has 0 aliphatic carbocycles. The molecule has 3 rings (SSSR count). The highest BCUT2D eigenvalue weighted by Crippen LogP contribution is 2.37. The molecule has 2 amide bonds. The van der Waals surface area contributed by atoms with Crippen LogP contribution in [0.15, 0.2) is 47.1 Å². The van der Waals surface area contributed by atoms with Crippen molar-refractivity contribution in [1.29, 1.82) is 0 Å². The van der Waals surface area contributed by atoms with Crippen molar-refractivity contribution >= 4 is 33.3 Å². The first-order valence-corrected chi connectivity index (χ1v) is 9.71. The van der Waals surface area contributed by atoms with E-state index in [9.17, 15) is 31.1 Å². The average Bonchev–Trinajstić information content (AvgIpc) is 3.00. The SMILES string of the molecule is Cc1ccc(NC(=O)Nc2cc(C(F)(F)F)cc(C(F)(F)F)c2)cc1-c1c(Br)cnn1C. The van der Waals surface area contributed by atoms with Gasteiger partial charge in [-0.25, -0.2) is 4.79 Å². The molecule has 0 unspecified atom stereocenters. The van der Waals surface area contributed by atoms with E-state index in [0.717, 1.165) is 11.3 Å². The minimum atomic E-state index is -5.02. The fourth-order valence-electron chi connectivity index (χ4n) is 2.99. The maximum Gasteiger partial charge on any atom is 0.416 e. The summed E-state index contributed by atoms with van der Waals surface area (Å²) in [5, 5.41) is 8.57. The van der Waals surface area contributed by atoms with Gasteiger partial charge in [-0.1, -0.05) is 6.07 Å². The Kier molecular flexibility index (Phi) is 6.27. The monoisotopic (exact) mass is 520 g/mol. The van der Waals surface area contributed by atoms with Crippen LogP contribution in [0.5, 0.6) is 0 Å². The van der Waals surface area contributed by atoms with Crippen LogP contribution in [0.2, 0.25) is 0 Å². The van der Waals surface area contributed by atoms with Gasteiger partial charge in [0.05, 0.1) is 27.5 Å². The molecule has 3 aromatic rings. The maximum absolute atomic E-state index is 13.0. The molecule has 0 radical (unpaired) electrons. The third-order valence-electron chi connectivity index (χ3n) is 4.49. The number of nitrogens with zero attached hydrogens (tertiary/aromatic N) is 2. The van der Waals surface area contributed by atoms with E-state index in [1.54, 1.807) is 36.1 Å². The molecule has 1 heterocycles. The van der Waals surface area contributed by atoms with Crippen molar-refractivity contribution in [1.82, 2.24) is 9.78 Å². The lowest BCUT2D eigenvalue weighted by atomic mass is 10.0. The molecule has 0 atom stereocenters. The van der Waals surface area contributed by atoms with Crippen LogP contribution in [0.4, 0.5) is 42.5 Å². The second kappa shape index (κ2) is 8.49. The molecule has 32 heavy (non-hydrogen) atoms. The molecule has 0 spiro atoms. The van der Waals surface area contributed by atoms with Crippen LogP contribution >= 0.6 is 15.9 Å². The van der Waals surface area contributed by atoms with Crippen LogP contribution < -0.4 is 10.6 Å². The third-order valence-corrected chi connectivity index (χ3v) is 5.07. The number of nitrogens with one attached hydrogen (secondary N) is 2. The number of anilines is 2. The van der Waals surface area contributed by atoms with Crippen molar-refractivity contribution in [2.75, 3.05) is 10.6 Å². The van der Waals surface area contributed by atoms with Crippen molar-refractivity contribution in [2.24, 2.45) is 7.05 Å². The number of halogens is 7. The molecular weight excluding hydrogens is 506 g/mol. The zero-order valence-corrected chi connectivity index (χ0v) is 18.1. The van der Waals surface area contributed by atoms with Gasteiger partial charge in [-0.15, -0.1) is 0 Å². The summed E-state index contributed by atoms with van der Waals surface area (Å²) < 4.78 is 80.3. The summed E-state index contributed by atoms with van der Waals surface area (Å²) in [6, 6.07) is 4.72. The molecule has 0 fully saturated rings.